The molecule has 0 aliphatic rings. The molecule has 0 heterocycles. The molecule has 1 N–H and O–H groups in total. The van der Waals surface area contributed by atoms with Gasteiger partial charge in [-0.2, -0.15) is 0 Å². The van der Waals surface area contributed by atoms with Gasteiger partial charge in [0, 0.05) is 19.0 Å². The van der Waals surface area contributed by atoms with Gasteiger partial charge in [-0.25, -0.2) is 8.42 Å². The lowest BCUT2D eigenvalue weighted by atomic mass is 10.0. The van der Waals surface area contributed by atoms with E-state index < -0.39 is 28.5 Å². The monoisotopic (exact) mass is 627 g/mol. The van der Waals surface area contributed by atoms with E-state index in [2.05, 4.69) is 5.32 Å². The molecule has 0 saturated heterocycles. The van der Waals surface area contributed by atoms with Gasteiger partial charge in [-0.3, -0.25) is 13.9 Å². The number of amides is 2. The first-order valence-corrected chi connectivity index (χ1v) is 16.5. The minimum Gasteiger partial charge on any atom is -0.497 e. The average molecular weight is 628 g/mol. The molecule has 4 rings (SSSR count). The molecule has 0 bridgehead atoms. The summed E-state index contributed by atoms with van der Waals surface area (Å²) in [5, 5.41) is 2.97. The standard InChI is InChI=1S/C36H41N3O5S/c1-5-28-19-21-31(22-20-28)39(45(42,43)33-17-10-7-11-18-33)26-35(40)38(25-30-15-12-16-32(23-30)44-4)34(36(41)37-27(2)3)24-29-13-8-6-9-14-29/h6-23,27,34H,5,24-26H2,1-4H3,(H,37,41)/t34-/m0/s1. The first kappa shape index (κ1) is 33.3. The van der Waals surface area contributed by atoms with E-state index in [9.17, 15) is 18.0 Å². The number of nitrogens with zero attached hydrogens (tertiary/aromatic N) is 2. The number of aryl methyl sites for hydroxylation is 1. The van der Waals surface area contributed by atoms with Crippen molar-refractivity contribution in [3.05, 3.63) is 126 Å². The lowest BCUT2D eigenvalue weighted by Crippen LogP contribution is -2.54. The number of hydrogen-bond donors (Lipinski definition) is 1. The van der Waals surface area contributed by atoms with Crippen LogP contribution < -0.4 is 14.4 Å². The third-order valence-electron chi connectivity index (χ3n) is 7.43. The molecule has 1 atom stereocenters. The summed E-state index contributed by atoms with van der Waals surface area (Å²) < 4.78 is 34.7. The van der Waals surface area contributed by atoms with Crippen LogP contribution in [0.15, 0.2) is 114 Å². The number of hydrogen-bond acceptors (Lipinski definition) is 5. The van der Waals surface area contributed by atoms with Crippen molar-refractivity contribution in [3.8, 4) is 5.75 Å². The predicted octanol–water partition coefficient (Wildman–Crippen LogP) is 5.62. The second-order valence-electron chi connectivity index (χ2n) is 11.1. The molecule has 2 amide bonds. The Morgan fingerprint density at radius 1 is 0.800 bits per heavy atom. The van der Waals surface area contributed by atoms with E-state index in [-0.39, 0.29) is 29.8 Å². The van der Waals surface area contributed by atoms with Crippen molar-refractivity contribution in [2.75, 3.05) is 18.0 Å². The number of nitrogens with one attached hydrogen (secondary N) is 1. The van der Waals surface area contributed by atoms with Crippen molar-refractivity contribution in [1.82, 2.24) is 10.2 Å². The van der Waals surface area contributed by atoms with Crippen LogP contribution >= 0.6 is 0 Å². The van der Waals surface area contributed by atoms with Crippen LogP contribution in [0, 0.1) is 0 Å². The largest absolute Gasteiger partial charge is 0.497 e. The first-order valence-electron chi connectivity index (χ1n) is 15.1. The van der Waals surface area contributed by atoms with Crippen LogP contribution in [0.25, 0.3) is 0 Å². The van der Waals surface area contributed by atoms with Gasteiger partial charge in [0.15, 0.2) is 0 Å². The molecule has 0 fully saturated rings. The van der Waals surface area contributed by atoms with E-state index in [4.69, 9.17) is 4.74 Å². The Morgan fingerprint density at radius 3 is 2.02 bits per heavy atom. The number of carbonyl (C=O) groups is 2. The van der Waals surface area contributed by atoms with E-state index in [0.717, 1.165) is 27.4 Å². The zero-order valence-electron chi connectivity index (χ0n) is 26.2. The van der Waals surface area contributed by atoms with Crippen LogP contribution in [-0.2, 0) is 39.0 Å². The van der Waals surface area contributed by atoms with Crippen LogP contribution in [0.4, 0.5) is 5.69 Å². The first-order chi connectivity index (χ1) is 21.6. The molecule has 9 heteroatoms. The van der Waals surface area contributed by atoms with Gasteiger partial charge in [0.05, 0.1) is 17.7 Å². The van der Waals surface area contributed by atoms with Crippen molar-refractivity contribution >= 4 is 27.5 Å². The molecule has 4 aromatic rings. The maximum Gasteiger partial charge on any atom is 0.264 e. The van der Waals surface area contributed by atoms with Crippen molar-refractivity contribution < 1.29 is 22.7 Å². The van der Waals surface area contributed by atoms with Crippen molar-refractivity contribution in [3.63, 3.8) is 0 Å². The number of carbonyl (C=O) groups excluding carboxylic acids is 2. The molecule has 0 unspecified atom stereocenters. The Kier molecular flexibility index (Phi) is 11.4. The highest BCUT2D eigenvalue weighted by molar-refractivity contribution is 7.92. The van der Waals surface area contributed by atoms with E-state index in [0.29, 0.717) is 11.4 Å². The average Bonchev–Trinajstić information content (AvgIpc) is 3.05. The predicted molar refractivity (Wildman–Crippen MR) is 178 cm³/mol. The second-order valence-corrected chi connectivity index (χ2v) is 12.9. The molecule has 236 valence electrons. The van der Waals surface area contributed by atoms with Crippen molar-refractivity contribution in [1.29, 1.82) is 0 Å². The van der Waals surface area contributed by atoms with Crippen molar-refractivity contribution in [2.45, 2.75) is 57.1 Å². The molecule has 0 radical (unpaired) electrons. The Morgan fingerprint density at radius 2 is 1.42 bits per heavy atom. The van der Waals surface area contributed by atoms with Gasteiger partial charge in [-0.15, -0.1) is 0 Å². The lowest BCUT2D eigenvalue weighted by Gasteiger charge is -2.34. The quantitative estimate of drug-likeness (QED) is 0.196. The summed E-state index contributed by atoms with van der Waals surface area (Å²) in [6, 6.07) is 30.9. The minimum atomic E-state index is -4.14. The summed E-state index contributed by atoms with van der Waals surface area (Å²) in [5.41, 5.74) is 3.00. The van der Waals surface area contributed by atoms with E-state index in [1.807, 2.05) is 81.4 Å². The SMILES string of the molecule is CCc1ccc(N(CC(=O)N(Cc2cccc(OC)c2)[C@@H](Cc2ccccc2)C(=O)NC(C)C)S(=O)(=O)c2ccccc2)cc1. The third kappa shape index (κ3) is 8.73. The highest BCUT2D eigenvalue weighted by Crippen LogP contribution is 2.26. The molecular weight excluding hydrogens is 586 g/mol. The van der Waals surface area contributed by atoms with Gasteiger partial charge >= 0.3 is 0 Å². The molecule has 4 aromatic carbocycles. The number of methoxy groups -OCH3 is 1. The van der Waals surface area contributed by atoms with Crippen LogP contribution in [0.1, 0.15) is 37.5 Å². The van der Waals surface area contributed by atoms with E-state index >= 15 is 0 Å². The van der Waals surface area contributed by atoms with Crippen LogP contribution in [0.5, 0.6) is 5.75 Å². The van der Waals surface area contributed by atoms with Gasteiger partial charge in [0.1, 0.15) is 18.3 Å². The smallest absolute Gasteiger partial charge is 0.264 e. The Labute approximate surface area is 266 Å². The molecule has 0 saturated carbocycles. The molecular formula is C36H41N3O5S. The number of rotatable bonds is 14. The Hall–Kier alpha value is -4.63. The maximum atomic E-state index is 14.5. The fourth-order valence-corrected chi connectivity index (χ4v) is 6.48. The summed E-state index contributed by atoms with van der Waals surface area (Å²) in [6.45, 7) is 5.29. The fourth-order valence-electron chi connectivity index (χ4n) is 5.05. The zero-order chi connectivity index (χ0) is 32.4. The number of sulfonamides is 1. The number of ether oxygens (including phenoxy) is 1. The second kappa shape index (κ2) is 15.4. The Bertz CT molecular complexity index is 1660. The summed E-state index contributed by atoms with van der Waals surface area (Å²) in [7, 11) is -2.58. The number of anilines is 1. The van der Waals surface area contributed by atoms with Gasteiger partial charge in [-0.05, 0) is 73.4 Å². The van der Waals surface area contributed by atoms with Gasteiger partial charge < -0.3 is 15.0 Å². The molecule has 0 aromatic heterocycles. The lowest BCUT2D eigenvalue weighted by molar-refractivity contribution is -0.140. The van der Waals surface area contributed by atoms with E-state index in [1.54, 1.807) is 43.5 Å². The van der Waals surface area contributed by atoms with Gasteiger partial charge in [0.2, 0.25) is 11.8 Å². The van der Waals surface area contributed by atoms with E-state index in [1.165, 1.54) is 17.0 Å². The maximum absolute atomic E-state index is 14.5. The topological polar surface area (TPSA) is 96.0 Å². The fraction of sp³-hybridized carbons (Fsp3) is 0.278. The van der Waals surface area contributed by atoms with Crippen molar-refractivity contribution in [2.24, 2.45) is 0 Å². The minimum absolute atomic E-state index is 0.0625. The van der Waals surface area contributed by atoms with Gasteiger partial charge in [0.25, 0.3) is 10.0 Å². The summed E-state index contributed by atoms with van der Waals surface area (Å²) >= 11 is 0. The molecule has 8 nitrogen and oxygen atoms in total. The summed E-state index contributed by atoms with van der Waals surface area (Å²) in [6.07, 6.45) is 1.02. The molecule has 45 heavy (non-hydrogen) atoms. The summed E-state index contributed by atoms with van der Waals surface area (Å²) in [5.74, 6) is -0.234. The molecule has 0 spiro atoms. The normalized spacial score (nSPS) is 11.9. The van der Waals surface area contributed by atoms with Gasteiger partial charge in [-0.1, -0.05) is 79.7 Å². The Balaban J connectivity index is 1.81. The highest BCUT2D eigenvalue weighted by Gasteiger charge is 2.34. The third-order valence-corrected chi connectivity index (χ3v) is 9.22. The zero-order valence-corrected chi connectivity index (χ0v) is 27.0. The highest BCUT2D eigenvalue weighted by atomic mass is 32.2. The van der Waals surface area contributed by atoms with Crippen LogP contribution in [0.3, 0.4) is 0 Å². The van der Waals surface area contributed by atoms with Crippen LogP contribution in [-0.4, -0.2) is 50.9 Å². The van der Waals surface area contributed by atoms with Crippen LogP contribution in [0.2, 0.25) is 0 Å². The molecule has 0 aliphatic carbocycles. The molecule has 0 aliphatic heterocycles. The number of benzene rings is 4. The summed E-state index contributed by atoms with van der Waals surface area (Å²) in [4.78, 5) is 29.9.